The molecule has 0 N–H and O–H groups in total. The van der Waals surface area contributed by atoms with Crippen molar-refractivity contribution in [1.82, 2.24) is 19.5 Å². The number of fused-ring (bicyclic) bond motifs is 3. The summed E-state index contributed by atoms with van der Waals surface area (Å²) >= 11 is 0. The second-order valence-corrected chi connectivity index (χ2v) is 8.94. The van der Waals surface area contributed by atoms with E-state index in [2.05, 4.69) is 19.4 Å². The molecule has 0 saturated carbocycles. The molecule has 1 atom stereocenters. The van der Waals surface area contributed by atoms with Gasteiger partial charge in [-0.05, 0) is 44.7 Å². The fourth-order valence-corrected chi connectivity index (χ4v) is 5.13. The maximum absolute atomic E-state index is 13.5. The van der Waals surface area contributed by atoms with Gasteiger partial charge in [-0.25, -0.2) is 15.0 Å². The summed E-state index contributed by atoms with van der Waals surface area (Å²) in [5, 5.41) is 0. The van der Waals surface area contributed by atoms with Crippen LogP contribution in [0.4, 0.5) is 11.5 Å². The van der Waals surface area contributed by atoms with Crippen LogP contribution in [0.5, 0.6) is 5.75 Å². The molecule has 4 heterocycles. The summed E-state index contributed by atoms with van der Waals surface area (Å²) in [4.78, 5) is 31.6. The van der Waals surface area contributed by atoms with Crippen molar-refractivity contribution in [3.63, 3.8) is 0 Å². The van der Waals surface area contributed by atoms with Crippen LogP contribution < -0.4 is 14.5 Å². The van der Waals surface area contributed by atoms with E-state index in [0.717, 1.165) is 73.0 Å². The molecular formula is C25H32N6O2. The predicted molar refractivity (Wildman–Crippen MR) is 129 cm³/mol. The van der Waals surface area contributed by atoms with E-state index >= 15 is 0 Å². The van der Waals surface area contributed by atoms with Gasteiger partial charge in [-0.1, -0.05) is 18.6 Å². The first-order chi connectivity index (χ1) is 16.2. The lowest BCUT2D eigenvalue weighted by molar-refractivity contribution is -0.122. The number of piperidine rings is 1. The van der Waals surface area contributed by atoms with Crippen LogP contribution in [0, 0.1) is 5.92 Å². The highest BCUT2D eigenvalue weighted by Crippen LogP contribution is 2.32. The zero-order valence-electron chi connectivity index (χ0n) is 19.5. The lowest BCUT2D eigenvalue weighted by atomic mass is 9.96. The van der Waals surface area contributed by atoms with Crippen LogP contribution in [0.3, 0.4) is 0 Å². The molecule has 5 rings (SSSR count). The average Bonchev–Trinajstić information content (AvgIpc) is 3.04. The summed E-state index contributed by atoms with van der Waals surface area (Å²) in [5.74, 6) is 2.71. The minimum absolute atomic E-state index is 0.108. The van der Waals surface area contributed by atoms with Gasteiger partial charge in [-0.3, -0.25) is 4.79 Å². The highest BCUT2D eigenvalue weighted by molar-refractivity contribution is 5.96. The number of anilines is 2. The van der Waals surface area contributed by atoms with E-state index in [1.54, 1.807) is 11.2 Å². The number of aryl methyl sites for hydroxylation is 2. The van der Waals surface area contributed by atoms with Crippen molar-refractivity contribution in [2.24, 2.45) is 5.92 Å². The van der Waals surface area contributed by atoms with Crippen molar-refractivity contribution in [3.8, 4) is 5.75 Å². The van der Waals surface area contributed by atoms with E-state index < -0.39 is 0 Å². The Hall–Kier alpha value is -3.16. The molecular weight excluding hydrogens is 416 g/mol. The molecule has 8 nitrogen and oxygen atoms in total. The van der Waals surface area contributed by atoms with Gasteiger partial charge in [0, 0.05) is 33.1 Å². The van der Waals surface area contributed by atoms with Crippen molar-refractivity contribution in [2.75, 3.05) is 36.5 Å². The number of benzene rings is 1. The van der Waals surface area contributed by atoms with Crippen molar-refractivity contribution >= 4 is 28.6 Å². The number of rotatable bonds is 5. The first kappa shape index (κ1) is 21.7. The molecule has 0 radical (unpaired) electrons. The molecule has 0 aliphatic carbocycles. The summed E-state index contributed by atoms with van der Waals surface area (Å²) in [6.07, 6.45) is 8.00. The second kappa shape index (κ2) is 9.37. The van der Waals surface area contributed by atoms with E-state index in [1.165, 1.54) is 12.8 Å². The standard InChI is InChI=1S/C25H32N6O2/c1-3-33-20-12-7-6-11-19(20)29(2)25(32)18-10-9-14-30(16-18)23-22-24(27-17-26-23)31-15-8-4-5-13-21(31)28-22/h6-7,11-12,17-18H,3-5,8-10,13-16H2,1-2H3/t18-/m0/s1. The Morgan fingerprint density at radius 1 is 1.15 bits per heavy atom. The van der Waals surface area contributed by atoms with E-state index in [0.29, 0.717) is 13.2 Å². The van der Waals surface area contributed by atoms with Gasteiger partial charge in [-0.2, -0.15) is 0 Å². The zero-order chi connectivity index (χ0) is 22.8. The van der Waals surface area contributed by atoms with E-state index in [9.17, 15) is 4.79 Å². The Labute approximate surface area is 194 Å². The smallest absolute Gasteiger partial charge is 0.231 e. The number of hydrogen-bond donors (Lipinski definition) is 0. The minimum Gasteiger partial charge on any atom is -0.492 e. The molecule has 0 spiro atoms. The monoisotopic (exact) mass is 448 g/mol. The third-order valence-corrected chi connectivity index (χ3v) is 6.80. The third-order valence-electron chi connectivity index (χ3n) is 6.80. The fraction of sp³-hybridized carbons (Fsp3) is 0.520. The predicted octanol–water partition coefficient (Wildman–Crippen LogP) is 3.83. The van der Waals surface area contributed by atoms with Crippen molar-refractivity contribution < 1.29 is 9.53 Å². The molecule has 174 valence electrons. The zero-order valence-corrected chi connectivity index (χ0v) is 19.5. The molecule has 0 unspecified atom stereocenters. The molecule has 8 heteroatoms. The number of para-hydroxylation sites is 2. The maximum atomic E-state index is 13.5. The van der Waals surface area contributed by atoms with Crippen molar-refractivity contribution in [3.05, 3.63) is 36.4 Å². The number of hydrogen-bond acceptors (Lipinski definition) is 6. The first-order valence-electron chi connectivity index (χ1n) is 12.1. The summed E-state index contributed by atoms with van der Waals surface area (Å²) in [5.41, 5.74) is 2.61. The Kier molecular flexibility index (Phi) is 6.15. The maximum Gasteiger partial charge on any atom is 0.231 e. The van der Waals surface area contributed by atoms with Crippen molar-refractivity contribution in [1.29, 1.82) is 0 Å². The van der Waals surface area contributed by atoms with Gasteiger partial charge < -0.3 is 19.1 Å². The third kappa shape index (κ3) is 4.14. The molecule has 1 aromatic carbocycles. The number of carbonyl (C=O) groups is 1. The molecule has 33 heavy (non-hydrogen) atoms. The van der Waals surface area contributed by atoms with Crippen LogP contribution in [0.15, 0.2) is 30.6 Å². The van der Waals surface area contributed by atoms with Crippen LogP contribution in [-0.4, -0.2) is 52.2 Å². The Morgan fingerprint density at radius 2 is 2.03 bits per heavy atom. The molecule has 2 aromatic heterocycles. The van der Waals surface area contributed by atoms with Crippen molar-refractivity contribution in [2.45, 2.75) is 52.0 Å². The molecule has 1 saturated heterocycles. The lowest BCUT2D eigenvalue weighted by Gasteiger charge is -2.34. The van der Waals surface area contributed by atoms with Gasteiger partial charge >= 0.3 is 0 Å². The summed E-state index contributed by atoms with van der Waals surface area (Å²) in [6.45, 7) is 4.99. The molecule has 2 aliphatic heterocycles. The second-order valence-electron chi connectivity index (χ2n) is 8.94. The largest absolute Gasteiger partial charge is 0.492 e. The summed E-state index contributed by atoms with van der Waals surface area (Å²) < 4.78 is 8.01. The van der Waals surface area contributed by atoms with Gasteiger partial charge in [-0.15, -0.1) is 0 Å². The normalized spacial score (nSPS) is 18.6. The van der Waals surface area contributed by atoms with E-state index in [-0.39, 0.29) is 11.8 Å². The highest BCUT2D eigenvalue weighted by atomic mass is 16.5. The summed E-state index contributed by atoms with van der Waals surface area (Å²) in [6, 6.07) is 7.73. The number of imidazole rings is 1. The molecule has 2 aliphatic rings. The van der Waals surface area contributed by atoms with Crippen LogP contribution in [0.2, 0.25) is 0 Å². The minimum atomic E-state index is -0.108. The Bertz CT molecular complexity index is 1140. The molecule has 1 fully saturated rings. The number of ether oxygens (including phenoxy) is 1. The van der Waals surface area contributed by atoms with Crippen LogP contribution in [-0.2, 0) is 17.8 Å². The quantitative estimate of drug-likeness (QED) is 0.590. The molecule has 1 amide bonds. The lowest BCUT2D eigenvalue weighted by Crippen LogP contribution is -2.44. The highest BCUT2D eigenvalue weighted by Gasteiger charge is 2.31. The number of amides is 1. The molecule has 3 aromatic rings. The van der Waals surface area contributed by atoms with E-state index in [4.69, 9.17) is 9.72 Å². The van der Waals surface area contributed by atoms with Gasteiger partial charge in [0.25, 0.3) is 0 Å². The SMILES string of the molecule is CCOc1ccccc1N(C)C(=O)[C@H]1CCCN(c2ncnc3c2nc2n3CCCCC2)C1. The van der Waals surface area contributed by atoms with Gasteiger partial charge in [0.2, 0.25) is 5.91 Å². The van der Waals surface area contributed by atoms with Gasteiger partial charge in [0.1, 0.15) is 17.9 Å². The first-order valence-corrected chi connectivity index (χ1v) is 12.1. The topological polar surface area (TPSA) is 76.4 Å². The van der Waals surface area contributed by atoms with Crippen LogP contribution in [0.1, 0.15) is 44.9 Å². The van der Waals surface area contributed by atoms with Gasteiger partial charge in [0.05, 0.1) is 18.2 Å². The molecule has 0 bridgehead atoms. The number of nitrogens with zero attached hydrogens (tertiary/aromatic N) is 6. The van der Waals surface area contributed by atoms with Crippen LogP contribution in [0.25, 0.3) is 11.2 Å². The Morgan fingerprint density at radius 3 is 2.91 bits per heavy atom. The number of carbonyl (C=O) groups excluding carboxylic acids is 1. The summed E-state index contributed by atoms with van der Waals surface area (Å²) in [7, 11) is 1.84. The number of aromatic nitrogens is 4. The fourth-order valence-electron chi connectivity index (χ4n) is 5.13. The van der Waals surface area contributed by atoms with Gasteiger partial charge in [0.15, 0.2) is 17.0 Å². The van der Waals surface area contributed by atoms with E-state index in [1.807, 2.05) is 38.2 Å². The van der Waals surface area contributed by atoms with Crippen LogP contribution >= 0.6 is 0 Å². The average molecular weight is 449 g/mol. The Balaban J connectivity index is 1.39.